The summed E-state index contributed by atoms with van der Waals surface area (Å²) in [6.07, 6.45) is 0. The molecule has 0 fully saturated rings. The molecule has 0 spiro atoms. The lowest BCUT2D eigenvalue weighted by Crippen LogP contribution is -2.21. The maximum atomic E-state index is 13.0. The summed E-state index contributed by atoms with van der Waals surface area (Å²) in [6, 6.07) is 8.07. The molecule has 2 aromatic carbocycles. The molecule has 0 bridgehead atoms. The summed E-state index contributed by atoms with van der Waals surface area (Å²) in [5.74, 6) is -1.21. The van der Waals surface area contributed by atoms with Crippen LogP contribution in [0.1, 0.15) is 0 Å². The van der Waals surface area contributed by atoms with Crippen LogP contribution in [0.2, 0.25) is 0 Å². The van der Waals surface area contributed by atoms with Crippen LogP contribution in [0.4, 0.5) is 14.5 Å². The fraction of sp³-hybridized carbons (Fsp3) is 0.188. The fourth-order valence-corrected chi connectivity index (χ4v) is 2.03. The minimum Gasteiger partial charge on any atom is -0.486 e. The standard InChI is InChI=1S/C16H13F2NO4/c17-12-3-2-11(8-13(12)18)23-9-16(20)19-10-1-4-14-15(7-10)22-6-5-21-14/h1-4,7-8H,5-6,9H2,(H,19,20). The highest BCUT2D eigenvalue weighted by molar-refractivity contribution is 5.92. The summed E-state index contributed by atoms with van der Waals surface area (Å²) in [4.78, 5) is 11.8. The first-order valence-corrected chi connectivity index (χ1v) is 6.89. The molecule has 1 aliphatic rings. The monoisotopic (exact) mass is 321 g/mol. The van der Waals surface area contributed by atoms with Crippen LogP contribution in [0.5, 0.6) is 17.2 Å². The summed E-state index contributed by atoms with van der Waals surface area (Å²) >= 11 is 0. The van der Waals surface area contributed by atoms with E-state index >= 15 is 0 Å². The number of carbonyl (C=O) groups excluding carboxylic acids is 1. The normalized spacial score (nSPS) is 12.6. The van der Waals surface area contributed by atoms with Gasteiger partial charge in [0.05, 0.1) is 0 Å². The van der Waals surface area contributed by atoms with Gasteiger partial charge in [-0.2, -0.15) is 0 Å². The van der Waals surface area contributed by atoms with Crippen molar-refractivity contribution in [3.8, 4) is 17.2 Å². The largest absolute Gasteiger partial charge is 0.486 e. The van der Waals surface area contributed by atoms with Crippen LogP contribution in [0.15, 0.2) is 36.4 Å². The van der Waals surface area contributed by atoms with Gasteiger partial charge in [0.15, 0.2) is 29.7 Å². The van der Waals surface area contributed by atoms with E-state index in [1.54, 1.807) is 18.2 Å². The number of ether oxygens (including phenoxy) is 3. The van der Waals surface area contributed by atoms with Gasteiger partial charge >= 0.3 is 0 Å². The minimum absolute atomic E-state index is 0.0706. The van der Waals surface area contributed by atoms with E-state index in [1.807, 2.05) is 0 Å². The lowest BCUT2D eigenvalue weighted by atomic mass is 10.2. The van der Waals surface area contributed by atoms with Crippen LogP contribution in [-0.2, 0) is 4.79 Å². The molecule has 23 heavy (non-hydrogen) atoms. The second-order valence-corrected chi connectivity index (χ2v) is 4.77. The minimum atomic E-state index is -1.03. The zero-order chi connectivity index (χ0) is 16.2. The first-order valence-electron chi connectivity index (χ1n) is 6.89. The number of carbonyl (C=O) groups is 1. The van der Waals surface area contributed by atoms with E-state index < -0.39 is 17.5 Å². The van der Waals surface area contributed by atoms with Gasteiger partial charge in [-0.05, 0) is 24.3 Å². The molecule has 1 N–H and O–H groups in total. The Labute approximate surface area is 130 Å². The third kappa shape index (κ3) is 3.68. The summed E-state index contributed by atoms with van der Waals surface area (Å²) in [5.41, 5.74) is 0.521. The third-order valence-corrected chi connectivity index (χ3v) is 3.09. The van der Waals surface area contributed by atoms with Crippen molar-refractivity contribution >= 4 is 11.6 Å². The SMILES string of the molecule is O=C(COc1ccc(F)c(F)c1)Nc1ccc2c(c1)OCCO2. The Morgan fingerprint density at radius 1 is 1.04 bits per heavy atom. The average molecular weight is 321 g/mol. The molecule has 1 heterocycles. The van der Waals surface area contributed by atoms with Crippen LogP contribution in [0.25, 0.3) is 0 Å². The smallest absolute Gasteiger partial charge is 0.262 e. The molecule has 7 heteroatoms. The van der Waals surface area contributed by atoms with E-state index in [9.17, 15) is 13.6 Å². The maximum Gasteiger partial charge on any atom is 0.262 e. The number of fused-ring (bicyclic) bond motifs is 1. The van der Waals surface area contributed by atoms with E-state index in [0.29, 0.717) is 30.4 Å². The molecule has 0 saturated carbocycles. The van der Waals surface area contributed by atoms with Crippen molar-refractivity contribution in [2.75, 3.05) is 25.1 Å². The highest BCUT2D eigenvalue weighted by Crippen LogP contribution is 2.32. The van der Waals surface area contributed by atoms with Crippen LogP contribution in [-0.4, -0.2) is 25.7 Å². The molecular formula is C16H13F2NO4. The lowest BCUT2D eigenvalue weighted by molar-refractivity contribution is -0.118. The van der Waals surface area contributed by atoms with Crippen LogP contribution < -0.4 is 19.5 Å². The Morgan fingerprint density at radius 3 is 2.61 bits per heavy atom. The van der Waals surface area contributed by atoms with E-state index in [0.717, 1.165) is 12.1 Å². The highest BCUT2D eigenvalue weighted by Gasteiger charge is 2.13. The van der Waals surface area contributed by atoms with Gasteiger partial charge in [0.2, 0.25) is 0 Å². The lowest BCUT2D eigenvalue weighted by Gasteiger charge is -2.19. The average Bonchev–Trinajstić information content (AvgIpc) is 2.56. The molecule has 2 aromatic rings. The van der Waals surface area contributed by atoms with E-state index in [1.165, 1.54) is 6.07 Å². The third-order valence-electron chi connectivity index (χ3n) is 3.09. The van der Waals surface area contributed by atoms with E-state index in [4.69, 9.17) is 14.2 Å². The second-order valence-electron chi connectivity index (χ2n) is 4.77. The number of anilines is 1. The number of hydrogen-bond acceptors (Lipinski definition) is 4. The van der Waals surface area contributed by atoms with Gasteiger partial charge in [0, 0.05) is 17.8 Å². The van der Waals surface area contributed by atoms with Crippen molar-refractivity contribution in [3.63, 3.8) is 0 Å². The van der Waals surface area contributed by atoms with Crippen molar-refractivity contribution in [3.05, 3.63) is 48.0 Å². The molecule has 0 radical (unpaired) electrons. The van der Waals surface area contributed by atoms with E-state index in [2.05, 4.69) is 5.32 Å². The zero-order valence-electron chi connectivity index (χ0n) is 12.0. The predicted molar refractivity (Wildman–Crippen MR) is 77.9 cm³/mol. The molecule has 0 aromatic heterocycles. The molecule has 1 amide bonds. The Kier molecular flexibility index (Phi) is 4.27. The quantitative estimate of drug-likeness (QED) is 0.941. The number of hydrogen-bond donors (Lipinski definition) is 1. The van der Waals surface area contributed by atoms with Crippen molar-refractivity contribution in [2.24, 2.45) is 0 Å². The van der Waals surface area contributed by atoms with Gasteiger partial charge in [-0.15, -0.1) is 0 Å². The molecule has 0 aliphatic carbocycles. The van der Waals surface area contributed by atoms with Crippen LogP contribution >= 0.6 is 0 Å². The van der Waals surface area contributed by atoms with Gasteiger partial charge < -0.3 is 19.5 Å². The van der Waals surface area contributed by atoms with Crippen molar-refractivity contribution in [1.29, 1.82) is 0 Å². The van der Waals surface area contributed by atoms with Gasteiger partial charge in [0.25, 0.3) is 5.91 Å². The Balaban J connectivity index is 1.57. The number of rotatable bonds is 4. The van der Waals surface area contributed by atoms with Crippen molar-refractivity contribution in [1.82, 2.24) is 0 Å². The number of nitrogens with one attached hydrogen (secondary N) is 1. The summed E-state index contributed by atoms with van der Waals surface area (Å²) in [5, 5.41) is 2.62. The summed E-state index contributed by atoms with van der Waals surface area (Å²) in [6.45, 7) is 0.601. The molecule has 0 saturated heterocycles. The highest BCUT2D eigenvalue weighted by atomic mass is 19.2. The predicted octanol–water partition coefficient (Wildman–Crippen LogP) is 2.75. The zero-order valence-corrected chi connectivity index (χ0v) is 12.0. The fourth-order valence-electron chi connectivity index (χ4n) is 2.03. The van der Waals surface area contributed by atoms with Gasteiger partial charge in [-0.25, -0.2) is 8.78 Å². The van der Waals surface area contributed by atoms with E-state index in [-0.39, 0.29) is 12.4 Å². The topological polar surface area (TPSA) is 56.8 Å². The first-order chi connectivity index (χ1) is 11.1. The van der Waals surface area contributed by atoms with Gasteiger partial charge in [-0.1, -0.05) is 0 Å². The van der Waals surface area contributed by atoms with Crippen LogP contribution in [0, 0.1) is 11.6 Å². The van der Waals surface area contributed by atoms with Crippen LogP contribution in [0.3, 0.4) is 0 Å². The number of amides is 1. The molecular weight excluding hydrogens is 308 g/mol. The van der Waals surface area contributed by atoms with Gasteiger partial charge in [-0.3, -0.25) is 4.79 Å². The first kappa shape index (κ1) is 15.1. The summed E-state index contributed by atoms with van der Waals surface area (Å²) < 4.78 is 41.7. The van der Waals surface area contributed by atoms with Gasteiger partial charge in [0.1, 0.15) is 19.0 Å². The number of halogens is 2. The molecule has 5 nitrogen and oxygen atoms in total. The van der Waals surface area contributed by atoms with Crippen molar-refractivity contribution < 1.29 is 27.8 Å². The summed E-state index contributed by atoms with van der Waals surface area (Å²) in [7, 11) is 0. The molecule has 0 unspecified atom stereocenters. The Hall–Kier alpha value is -2.83. The molecule has 3 rings (SSSR count). The molecule has 0 atom stereocenters. The Morgan fingerprint density at radius 2 is 1.83 bits per heavy atom. The molecule has 120 valence electrons. The maximum absolute atomic E-state index is 13.0. The van der Waals surface area contributed by atoms with Crippen molar-refractivity contribution in [2.45, 2.75) is 0 Å². The molecule has 1 aliphatic heterocycles. The number of benzene rings is 2. The Bertz CT molecular complexity index is 736. The second kappa shape index (κ2) is 6.51.